The predicted octanol–water partition coefficient (Wildman–Crippen LogP) is -3.82. The summed E-state index contributed by atoms with van der Waals surface area (Å²) < 4.78 is 26.0. The Kier molecular flexibility index (Phi) is 8.30. The Morgan fingerprint density at radius 3 is 2.32 bits per heavy atom. The number of carbonyl (C=O) groups excluding carboxylic acids is 1. The van der Waals surface area contributed by atoms with E-state index in [1.54, 1.807) is 0 Å². The molecule has 2 aliphatic rings. The molecular weight excluding hydrogens is 464 g/mol. The van der Waals surface area contributed by atoms with Crippen LogP contribution in [0.5, 0.6) is 11.5 Å². The monoisotopic (exact) mass is 492 g/mol. The van der Waals surface area contributed by atoms with E-state index < -0.39 is 80.6 Å². The minimum Gasteiger partial charge on any atom is -0.504 e. The summed E-state index contributed by atoms with van der Waals surface area (Å²) in [5.41, 5.74) is -0.000855. The van der Waals surface area contributed by atoms with Crippen molar-refractivity contribution >= 4 is 5.97 Å². The first-order chi connectivity index (χ1) is 16.1. The van der Waals surface area contributed by atoms with Gasteiger partial charge in [0.1, 0.15) is 55.9 Å². The SMILES string of the molecule is COc1cc(C(=O)OC[C@H]2O[C@H](O[C@]3(CO)O[C@H](CO)[C@@H](O)[C@@H]3O)[C@H](O)[C@@H](O)[C@@H]2O)ccc1O. The van der Waals surface area contributed by atoms with Crippen molar-refractivity contribution in [1.82, 2.24) is 0 Å². The van der Waals surface area contributed by atoms with Gasteiger partial charge in [0.25, 0.3) is 0 Å². The molecule has 2 aliphatic heterocycles. The van der Waals surface area contributed by atoms with Crippen molar-refractivity contribution < 1.29 is 69.3 Å². The Labute approximate surface area is 193 Å². The Morgan fingerprint density at radius 1 is 1.03 bits per heavy atom. The molecular formula is C20H28O14. The fourth-order valence-corrected chi connectivity index (χ4v) is 3.66. The standard InChI is InChI=1S/C20H28O14/c1-30-10-4-8(2-3-9(10)23)18(29)31-6-12-13(24)15(26)16(27)19(32-12)34-20(7-22)17(28)14(25)11(5-21)33-20/h2-4,11-17,19,21-28H,5-7H2,1H3/t11-,12-,13-,14-,15+,16-,17+,19-,20+/m1/s1. The molecule has 14 nitrogen and oxygen atoms in total. The van der Waals surface area contributed by atoms with Crippen molar-refractivity contribution in [3.05, 3.63) is 23.8 Å². The van der Waals surface area contributed by atoms with Crippen LogP contribution in [0.25, 0.3) is 0 Å². The number of aromatic hydroxyl groups is 1. The number of hydrogen-bond acceptors (Lipinski definition) is 14. The Bertz CT molecular complexity index is 851. The van der Waals surface area contributed by atoms with Crippen molar-refractivity contribution in [3.8, 4) is 11.5 Å². The van der Waals surface area contributed by atoms with E-state index in [-0.39, 0.29) is 17.1 Å². The summed E-state index contributed by atoms with van der Waals surface area (Å²) in [7, 11) is 1.29. The van der Waals surface area contributed by atoms with Crippen LogP contribution < -0.4 is 4.74 Å². The van der Waals surface area contributed by atoms with Crippen LogP contribution in [0.15, 0.2) is 18.2 Å². The molecule has 34 heavy (non-hydrogen) atoms. The van der Waals surface area contributed by atoms with Crippen molar-refractivity contribution in [3.63, 3.8) is 0 Å². The van der Waals surface area contributed by atoms with E-state index in [9.17, 15) is 45.6 Å². The number of phenols is 1. The van der Waals surface area contributed by atoms with Crippen molar-refractivity contribution in [1.29, 1.82) is 0 Å². The molecule has 9 atom stereocenters. The number of aliphatic hydroxyl groups excluding tert-OH is 7. The summed E-state index contributed by atoms with van der Waals surface area (Å²) in [5.74, 6) is -3.40. The average Bonchev–Trinajstić information content (AvgIpc) is 3.08. The van der Waals surface area contributed by atoms with E-state index in [0.717, 1.165) is 0 Å². The number of rotatable bonds is 8. The molecule has 1 aromatic rings. The van der Waals surface area contributed by atoms with Gasteiger partial charge in [-0.2, -0.15) is 0 Å². The molecule has 0 aliphatic carbocycles. The molecule has 192 valence electrons. The molecule has 0 bridgehead atoms. The van der Waals surface area contributed by atoms with E-state index >= 15 is 0 Å². The number of esters is 1. The second kappa shape index (κ2) is 10.7. The second-order valence-electron chi connectivity index (χ2n) is 7.86. The van der Waals surface area contributed by atoms with Crippen molar-refractivity contribution in [2.75, 3.05) is 26.9 Å². The highest BCUT2D eigenvalue weighted by Crippen LogP contribution is 2.36. The number of methoxy groups -OCH3 is 1. The maximum Gasteiger partial charge on any atom is 0.338 e. The Morgan fingerprint density at radius 2 is 1.74 bits per heavy atom. The van der Waals surface area contributed by atoms with E-state index in [1.807, 2.05) is 0 Å². The lowest BCUT2D eigenvalue weighted by molar-refractivity contribution is -0.383. The van der Waals surface area contributed by atoms with Crippen LogP contribution in [-0.4, -0.2) is 129 Å². The first kappa shape index (κ1) is 26.5. The molecule has 0 spiro atoms. The highest BCUT2D eigenvalue weighted by molar-refractivity contribution is 5.90. The van der Waals surface area contributed by atoms with Gasteiger partial charge in [-0.05, 0) is 18.2 Å². The van der Waals surface area contributed by atoms with Crippen LogP contribution >= 0.6 is 0 Å². The van der Waals surface area contributed by atoms with Gasteiger partial charge < -0.3 is 64.5 Å². The van der Waals surface area contributed by atoms with Crippen LogP contribution in [0.4, 0.5) is 0 Å². The van der Waals surface area contributed by atoms with Gasteiger partial charge in [-0.1, -0.05) is 0 Å². The minimum atomic E-state index is -2.33. The highest BCUT2D eigenvalue weighted by atomic mass is 16.8. The summed E-state index contributed by atoms with van der Waals surface area (Å²) in [4.78, 5) is 12.3. The molecule has 0 saturated carbocycles. The quantitative estimate of drug-likeness (QED) is 0.163. The maximum atomic E-state index is 12.3. The third kappa shape index (κ3) is 4.96. The van der Waals surface area contributed by atoms with Gasteiger partial charge in [-0.3, -0.25) is 0 Å². The highest BCUT2D eigenvalue weighted by Gasteiger charge is 2.58. The lowest BCUT2D eigenvalue weighted by atomic mass is 9.99. The van der Waals surface area contributed by atoms with Crippen LogP contribution in [0.3, 0.4) is 0 Å². The number of benzene rings is 1. The van der Waals surface area contributed by atoms with E-state index in [0.29, 0.717) is 0 Å². The first-order valence-electron chi connectivity index (χ1n) is 10.3. The summed E-state index contributed by atoms with van der Waals surface area (Å²) in [6.07, 6.45) is -13.6. The summed E-state index contributed by atoms with van der Waals surface area (Å²) in [6, 6.07) is 3.68. The lowest BCUT2D eigenvalue weighted by Crippen LogP contribution is -2.62. The third-order valence-electron chi connectivity index (χ3n) is 5.68. The van der Waals surface area contributed by atoms with Crippen LogP contribution in [-0.2, 0) is 18.9 Å². The first-order valence-corrected chi connectivity index (χ1v) is 10.3. The number of ether oxygens (including phenoxy) is 5. The van der Waals surface area contributed by atoms with Crippen molar-refractivity contribution in [2.24, 2.45) is 0 Å². The average molecular weight is 492 g/mol. The van der Waals surface area contributed by atoms with Crippen molar-refractivity contribution in [2.45, 2.75) is 54.8 Å². The molecule has 3 rings (SSSR count). The Balaban J connectivity index is 1.70. The molecule has 2 fully saturated rings. The largest absolute Gasteiger partial charge is 0.504 e. The molecule has 0 unspecified atom stereocenters. The fourth-order valence-electron chi connectivity index (χ4n) is 3.66. The summed E-state index contributed by atoms with van der Waals surface area (Å²) in [6.45, 7) is -2.38. The molecule has 1 aromatic carbocycles. The zero-order valence-corrected chi connectivity index (χ0v) is 18.0. The minimum absolute atomic E-state index is 0.000855. The molecule has 2 saturated heterocycles. The number of hydrogen-bond donors (Lipinski definition) is 8. The van der Waals surface area contributed by atoms with Gasteiger partial charge in [0, 0.05) is 0 Å². The molecule has 0 amide bonds. The topological polar surface area (TPSA) is 225 Å². The van der Waals surface area contributed by atoms with Gasteiger partial charge in [0.15, 0.2) is 17.8 Å². The summed E-state index contributed by atoms with van der Waals surface area (Å²) >= 11 is 0. The lowest BCUT2D eigenvalue weighted by Gasteiger charge is -2.43. The zero-order valence-electron chi connectivity index (χ0n) is 18.0. The molecule has 2 heterocycles. The summed E-state index contributed by atoms with van der Waals surface area (Å²) in [5, 5.41) is 79.6. The Hall–Kier alpha value is -2.11. The van der Waals surface area contributed by atoms with Gasteiger partial charge in [-0.15, -0.1) is 0 Å². The maximum absolute atomic E-state index is 12.3. The molecule has 0 aromatic heterocycles. The van der Waals surface area contributed by atoms with E-state index in [1.165, 1.54) is 25.3 Å². The smallest absolute Gasteiger partial charge is 0.338 e. The van der Waals surface area contributed by atoms with Gasteiger partial charge in [0.2, 0.25) is 5.79 Å². The van der Waals surface area contributed by atoms with Crippen LogP contribution in [0, 0.1) is 0 Å². The number of aliphatic hydroxyl groups is 7. The number of carbonyl (C=O) groups is 1. The molecule has 8 N–H and O–H groups in total. The van der Waals surface area contributed by atoms with E-state index in [2.05, 4.69) is 0 Å². The van der Waals surface area contributed by atoms with Gasteiger partial charge >= 0.3 is 5.97 Å². The molecule has 14 heteroatoms. The van der Waals surface area contributed by atoms with Gasteiger partial charge in [0.05, 0.1) is 19.3 Å². The van der Waals surface area contributed by atoms with Crippen LogP contribution in [0.1, 0.15) is 10.4 Å². The third-order valence-corrected chi connectivity index (χ3v) is 5.68. The van der Waals surface area contributed by atoms with E-state index in [4.69, 9.17) is 23.7 Å². The molecule has 0 radical (unpaired) electrons. The van der Waals surface area contributed by atoms with Crippen LogP contribution in [0.2, 0.25) is 0 Å². The zero-order chi connectivity index (χ0) is 25.2. The normalized spacial score (nSPS) is 38.0. The van der Waals surface area contributed by atoms with Gasteiger partial charge in [-0.25, -0.2) is 4.79 Å². The predicted molar refractivity (Wildman–Crippen MR) is 106 cm³/mol. The number of phenolic OH excluding ortho intramolecular Hbond substituents is 1. The fraction of sp³-hybridized carbons (Fsp3) is 0.650. The second-order valence-corrected chi connectivity index (χ2v) is 7.86.